The average Bonchev–Trinajstić information content (AvgIpc) is 3.53. The lowest BCUT2D eigenvalue weighted by Gasteiger charge is -2.10. The second-order valence-corrected chi connectivity index (χ2v) is 11.0. The maximum Gasteiger partial charge on any atom is 0.330 e. The number of rotatable bonds is 16. The van der Waals surface area contributed by atoms with E-state index in [9.17, 15) is 14.0 Å². The summed E-state index contributed by atoms with van der Waals surface area (Å²) in [5.41, 5.74) is 10.4. The molecule has 0 spiro atoms. The van der Waals surface area contributed by atoms with Gasteiger partial charge in [0.15, 0.2) is 11.6 Å². The number of nitrogens with one attached hydrogen (secondary N) is 2. The molecule has 244 valence electrons. The van der Waals surface area contributed by atoms with Crippen LogP contribution in [0.3, 0.4) is 0 Å². The van der Waals surface area contributed by atoms with E-state index in [0.717, 1.165) is 44.1 Å². The highest BCUT2D eigenvalue weighted by molar-refractivity contribution is 7.22. The van der Waals surface area contributed by atoms with Gasteiger partial charge in [-0.05, 0) is 83.7 Å². The molecule has 12 heteroatoms. The van der Waals surface area contributed by atoms with E-state index in [0.29, 0.717) is 17.1 Å². The molecule has 0 fully saturated rings. The number of fused-ring (bicyclic) bond motifs is 1. The third kappa shape index (κ3) is 9.50. The maximum absolute atomic E-state index is 14.6. The number of esters is 2. The minimum Gasteiger partial charge on any atom is -0.490 e. The molecule has 0 saturated carbocycles. The second kappa shape index (κ2) is 16.5. The highest BCUT2D eigenvalue weighted by Gasteiger charge is 2.11. The van der Waals surface area contributed by atoms with Gasteiger partial charge in [0, 0.05) is 27.8 Å². The Hall–Kier alpha value is -6.01. The summed E-state index contributed by atoms with van der Waals surface area (Å²) in [7, 11) is 0. The van der Waals surface area contributed by atoms with E-state index in [1.807, 2.05) is 54.6 Å². The Balaban J connectivity index is 1.09. The fraction of sp³-hybridized carbons (Fsp3) is 0.111. The number of nitrogens with zero attached hydrogens (tertiary/aromatic N) is 2. The zero-order valence-electron chi connectivity index (χ0n) is 25.7. The lowest BCUT2D eigenvalue weighted by molar-refractivity contribution is -0.139. The van der Waals surface area contributed by atoms with E-state index in [4.69, 9.17) is 18.9 Å². The molecule has 0 atom stereocenters. The van der Waals surface area contributed by atoms with Crippen molar-refractivity contribution in [1.29, 1.82) is 0 Å². The van der Waals surface area contributed by atoms with E-state index in [1.54, 1.807) is 30.3 Å². The lowest BCUT2D eigenvalue weighted by atomic mass is 10.1. The predicted octanol–water partition coefficient (Wildman–Crippen LogP) is 8.78. The maximum atomic E-state index is 14.6. The Morgan fingerprint density at radius 1 is 0.708 bits per heavy atom. The summed E-state index contributed by atoms with van der Waals surface area (Å²) < 4.78 is 36.2. The second-order valence-electron chi connectivity index (χ2n) is 9.94. The number of carbonyl (C=O) groups is 2. The van der Waals surface area contributed by atoms with Gasteiger partial charge in [0.1, 0.15) is 32.2 Å². The highest BCUT2D eigenvalue weighted by atomic mass is 32.1. The van der Waals surface area contributed by atoms with Gasteiger partial charge in [-0.15, -0.1) is 11.3 Å². The van der Waals surface area contributed by atoms with Crippen LogP contribution in [-0.2, 0) is 19.1 Å². The van der Waals surface area contributed by atoms with Crippen molar-refractivity contribution in [2.24, 2.45) is 10.2 Å². The number of carbonyl (C=O) groups excluding carboxylic acids is 2. The van der Waals surface area contributed by atoms with Crippen LogP contribution in [0.15, 0.2) is 127 Å². The number of hydrazine groups is 1. The number of anilines is 2. The first kappa shape index (κ1) is 33.4. The average molecular weight is 667 g/mol. The third-order valence-corrected chi connectivity index (χ3v) is 7.74. The van der Waals surface area contributed by atoms with Gasteiger partial charge in [0.2, 0.25) is 0 Å². The SMILES string of the molecule is C=CC(=O)OCCOc1ccc(/N=N/c2ccc(NNc3ccc(-c4cc5cc(F)c(OCCOC(=O)C=C)cc5s4)cc3)cc2)cc1. The number of ether oxygens (including phenoxy) is 4. The molecule has 2 N–H and O–H groups in total. The molecule has 1 heterocycles. The topological polar surface area (TPSA) is 120 Å². The smallest absolute Gasteiger partial charge is 0.330 e. The van der Waals surface area contributed by atoms with Crippen LogP contribution in [0.1, 0.15) is 0 Å². The summed E-state index contributed by atoms with van der Waals surface area (Å²) in [6.07, 6.45) is 2.17. The van der Waals surface area contributed by atoms with Crippen molar-refractivity contribution in [2.75, 3.05) is 37.3 Å². The largest absolute Gasteiger partial charge is 0.490 e. The lowest BCUT2D eigenvalue weighted by Crippen LogP contribution is -2.10. The van der Waals surface area contributed by atoms with Crippen LogP contribution in [0.25, 0.3) is 20.5 Å². The fourth-order valence-electron chi connectivity index (χ4n) is 4.20. The van der Waals surface area contributed by atoms with Crippen LogP contribution in [0.4, 0.5) is 27.1 Å². The summed E-state index contributed by atoms with van der Waals surface area (Å²) >= 11 is 1.53. The van der Waals surface area contributed by atoms with Crippen molar-refractivity contribution >= 4 is 56.1 Å². The number of azo groups is 1. The number of halogens is 1. The van der Waals surface area contributed by atoms with E-state index in [-0.39, 0.29) is 32.2 Å². The zero-order chi connectivity index (χ0) is 33.7. The highest BCUT2D eigenvalue weighted by Crippen LogP contribution is 2.37. The van der Waals surface area contributed by atoms with Crippen LogP contribution in [0.2, 0.25) is 0 Å². The third-order valence-electron chi connectivity index (χ3n) is 6.59. The van der Waals surface area contributed by atoms with Gasteiger partial charge in [-0.2, -0.15) is 10.2 Å². The molecule has 0 saturated heterocycles. The Bertz CT molecular complexity index is 1910. The Morgan fingerprint density at radius 3 is 1.83 bits per heavy atom. The first-order valence-corrected chi connectivity index (χ1v) is 15.5. The molecule has 0 bridgehead atoms. The standard InChI is InChI=1S/C36H31FN4O6S/c1-3-35(42)46-19-17-44-30-15-13-29(14-16-30)41-40-28-11-9-27(10-12-28)39-38-26-7-5-24(6-8-26)33-22-25-21-31(37)32(23-34(25)48-33)45-18-20-47-36(43)4-2/h3-16,21-23,38-39H,1-2,17-20H2/b41-40+. The molecule has 5 aromatic rings. The van der Waals surface area contributed by atoms with Crippen molar-refractivity contribution in [3.63, 3.8) is 0 Å². The Labute approximate surface area is 280 Å². The van der Waals surface area contributed by atoms with Gasteiger partial charge in [0.25, 0.3) is 0 Å². The molecule has 10 nitrogen and oxygen atoms in total. The van der Waals surface area contributed by atoms with Crippen LogP contribution in [0.5, 0.6) is 11.5 Å². The van der Waals surface area contributed by atoms with Gasteiger partial charge >= 0.3 is 11.9 Å². The summed E-state index contributed by atoms with van der Waals surface area (Å²) in [5.74, 6) is -0.795. The van der Waals surface area contributed by atoms with Crippen LogP contribution in [0, 0.1) is 5.82 Å². The first-order chi connectivity index (χ1) is 23.4. The normalized spacial score (nSPS) is 10.8. The number of hydrogen-bond acceptors (Lipinski definition) is 11. The molecule has 0 aliphatic carbocycles. The predicted molar refractivity (Wildman–Crippen MR) is 185 cm³/mol. The molecule has 0 radical (unpaired) electrons. The van der Waals surface area contributed by atoms with Crippen LogP contribution < -0.4 is 20.3 Å². The summed E-state index contributed by atoms with van der Waals surface area (Å²) in [6, 6.07) is 27.4. The molecular formula is C36H31FN4O6S. The Morgan fingerprint density at radius 2 is 1.25 bits per heavy atom. The molecule has 0 aliphatic heterocycles. The molecule has 48 heavy (non-hydrogen) atoms. The van der Waals surface area contributed by atoms with Gasteiger partial charge in [-0.25, -0.2) is 14.0 Å². The molecule has 0 unspecified atom stereocenters. The van der Waals surface area contributed by atoms with E-state index in [2.05, 4.69) is 34.2 Å². The van der Waals surface area contributed by atoms with Crippen molar-refractivity contribution in [2.45, 2.75) is 0 Å². The van der Waals surface area contributed by atoms with E-state index >= 15 is 0 Å². The van der Waals surface area contributed by atoms with Gasteiger partial charge < -0.3 is 29.8 Å². The van der Waals surface area contributed by atoms with E-state index < -0.39 is 17.8 Å². The monoisotopic (exact) mass is 666 g/mol. The minimum absolute atomic E-state index is 0.000345. The number of benzene rings is 4. The molecular weight excluding hydrogens is 635 g/mol. The Kier molecular flexibility index (Phi) is 11.5. The zero-order valence-corrected chi connectivity index (χ0v) is 26.5. The number of thiophene rings is 1. The molecule has 0 aliphatic rings. The van der Waals surface area contributed by atoms with Crippen molar-refractivity contribution < 1.29 is 32.9 Å². The molecule has 0 amide bonds. The van der Waals surface area contributed by atoms with Crippen molar-refractivity contribution in [3.05, 3.63) is 122 Å². The number of hydrogen-bond donors (Lipinski definition) is 2. The van der Waals surface area contributed by atoms with E-state index in [1.165, 1.54) is 17.4 Å². The van der Waals surface area contributed by atoms with Crippen LogP contribution in [-0.4, -0.2) is 38.4 Å². The summed E-state index contributed by atoms with van der Waals surface area (Å²) in [4.78, 5) is 23.2. The van der Waals surface area contributed by atoms with Crippen molar-refractivity contribution in [1.82, 2.24) is 0 Å². The van der Waals surface area contributed by atoms with Crippen LogP contribution >= 0.6 is 11.3 Å². The van der Waals surface area contributed by atoms with Gasteiger partial charge in [-0.3, -0.25) is 0 Å². The first-order valence-electron chi connectivity index (χ1n) is 14.7. The quantitative estimate of drug-likeness (QED) is 0.0353. The fourth-order valence-corrected chi connectivity index (χ4v) is 5.28. The molecule has 5 rings (SSSR count). The van der Waals surface area contributed by atoms with Gasteiger partial charge in [0.05, 0.1) is 22.7 Å². The minimum atomic E-state index is -0.556. The van der Waals surface area contributed by atoms with Gasteiger partial charge in [-0.1, -0.05) is 25.3 Å². The molecule has 4 aromatic carbocycles. The summed E-state index contributed by atoms with van der Waals surface area (Å²) in [6.45, 7) is 7.07. The molecule has 1 aromatic heterocycles. The summed E-state index contributed by atoms with van der Waals surface area (Å²) in [5, 5.41) is 9.32. The van der Waals surface area contributed by atoms with Crippen molar-refractivity contribution in [3.8, 4) is 21.9 Å².